The molecule has 0 aliphatic heterocycles. The number of phenols is 2. The molecule has 0 saturated carbocycles. The summed E-state index contributed by atoms with van der Waals surface area (Å²) in [6.07, 6.45) is 0. The van der Waals surface area contributed by atoms with Gasteiger partial charge in [0.25, 0.3) is 0 Å². The number of thioether (sulfide) groups is 1. The number of benzene rings is 2. The molecule has 0 saturated heterocycles. The van der Waals surface area contributed by atoms with Crippen molar-refractivity contribution in [2.24, 2.45) is 0 Å². The van der Waals surface area contributed by atoms with Crippen molar-refractivity contribution in [2.45, 2.75) is 17.6 Å². The third kappa shape index (κ3) is 3.66. The summed E-state index contributed by atoms with van der Waals surface area (Å²) >= 11 is 3.27. The Balaban J connectivity index is 1.74. The zero-order chi connectivity index (χ0) is 17.1. The second-order valence-corrected chi connectivity index (χ2v) is 7.33. The minimum Gasteiger partial charge on any atom is -0.504 e. The zero-order valence-corrected chi connectivity index (χ0v) is 14.9. The Kier molecular flexibility index (Phi) is 4.97. The lowest BCUT2D eigenvalue weighted by Crippen LogP contribution is -1.82. The monoisotopic (exact) mass is 359 g/mol. The van der Waals surface area contributed by atoms with Gasteiger partial charge in [0.15, 0.2) is 11.5 Å². The molecule has 0 fully saturated rings. The maximum atomic E-state index is 9.56. The van der Waals surface area contributed by atoms with Crippen LogP contribution in [0.2, 0.25) is 0 Å². The Morgan fingerprint density at radius 2 is 1.83 bits per heavy atom. The molecule has 3 aromatic rings. The third-order valence-corrected chi connectivity index (χ3v) is 5.96. The summed E-state index contributed by atoms with van der Waals surface area (Å²) in [4.78, 5) is 6.75. The lowest BCUT2D eigenvalue weighted by molar-refractivity contribution is 0.402. The average molecular weight is 359 g/mol. The topological polar surface area (TPSA) is 62.6 Å². The molecule has 0 radical (unpaired) electrons. The van der Waals surface area contributed by atoms with Crippen LogP contribution in [-0.2, 0) is 5.75 Å². The molecule has 124 valence electrons. The first-order chi connectivity index (χ1) is 11.6. The molecule has 1 heterocycles. The van der Waals surface area contributed by atoms with Gasteiger partial charge in [-0.05, 0) is 49.4 Å². The Hall–Kier alpha value is -2.18. The largest absolute Gasteiger partial charge is 0.504 e. The van der Waals surface area contributed by atoms with E-state index in [2.05, 4.69) is 4.98 Å². The normalized spacial score (nSPS) is 10.8. The molecule has 3 rings (SSSR count). The van der Waals surface area contributed by atoms with Crippen LogP contribution in [0.3, 0.4) is 0 Å². The van der Waals surface area contributed by atoms with E-state index in [-0.39, 0.29) is 11.5 Å². The van der Waals surface area contributed by atoms with Crippen molar-refractivity contribution in [1.29, 1.82) is 0 Å². The van der Waals surface area contributed by atoms with Crippen LogP contribution in [0.25, 0.3) is 10.6 Å². The third-order valence-electron chi connectivity index (χ3n) is 3.55. The van der Waals surface area contributed by atoms with Crippen molar-refractivity contribution in [2.75, 3.05) is 7.11 Å². The molecule has 0 bridgehead atoms. The van der Waals surface area contributed by atoms with Gasteiger partial charge in [0.1, 0.15) is 10.8 Å². The summed E-state index contributed by atoms with van der Waals surface area (Å²) in [7, 11) is 1.65. The molecule has 0 aliphatic rings. The van der Waals surface area contributed by atoms with Gasteiger partial charge < -0.3 is 14.9 Å². The number of hydrogen-bond acceptors (Lipinski definition) is 6. The number of ether oxygens (including phenoxy) is 1. The fourth-order valence-corrected chi connectivity index (χ4v) is 4.30. The fraction of sp³-hybridized carbons (Fsp3) is 0.167. The van der Waals surface area contributed by atoms with Crippen LogP contribution >= 0.6 is 23.1 Å². The number of thiazole rings is 1. The Morgan fingerprint density at radius 1 is 1.08 bits per heavy atom. The summed E-state index contributed by atoms with van der Waals surface area (Å²) in [5, 5.41) is 19.9. The van der Waals surface area contributed by atoms with Gasteiger partial charge >= 0.3 is 0 Å². The molecular formula is C18H17NO3S2. The van der Waals surface area contributed by atoms with Crippen LogP contribution in [0.1, 0.15) is 10.6 Å². The van der Waals surface area contributed by atoms with Gasteiger partial charge in [-0.25, -0.2) is 4.98 Å². The highest BCUT2D eigenvalue weighted by Crippen LogP contribution is 2.35. The molecule has 2 aromatic carbocycles. The van der Waals surface area contributed by atoms with Crippen LogP contribution in [-0.4, -0.2) is 22.3 Å². The van der Waals surface area contributed by atoms with E-state index in [9.17, 15) is 10.2 Å². The zero-order valence-electron chi connectivity index (χ0n) is 13.3. The van der Waals surface area contributed by atoms with Gasteiger partial charge in [-0.3, -0.25) is 0 Å². The SMILES string of the molecule is COc1ccc(-c2nc(C)c(CSc3ccc(O)c(O)c3)s2)cc1. The summed E-state index contributed by atoms with van der Waals surface area (Å²) in [6, 6.07) is 12.7. The first kappa shape index (κ1) is 16.7. The van der Waals surface area contributed by atoms with E-state index in [0.717, 1.165) is 32.7 Å². The van der Waals surface area contributed by atoms with Gasteiger partial charge in [-0.2, -0.15) is 0 Å². The Bertz CT molecular complexity index is 844. The van der Waals surface area contributed by atoms with Crippen LogP contribution in [0.5, 0.6) is 17.2 Å². The number of nitrogens with zero attached hydrogens (tertiary/aromatic N) is 1. The van der Waals surface area contributed by atoms with Gasteiger partial charge in [0.05, 0.1) is 12.8 Å². The van der Waals surface area contributed by atoms with Crippen molar-refractivity contribution in [3.63, 3.8) is 0 Å². The molecule has 6 heteroatoms. The molecule has 0 unspecified atom stereocenters. The highest BCUT2D eigenvalue weighted by molar-refractivity contribution is 7.98. The molecule has 1 aromatic heterocycles. The molecule has 0 atom stereocenters. The van der Waals surface area contributed by atoms with E-state index in [1.165, 1.54) is 10.9 Å². The quantitative estimate of drug-likeness (QED) is 0.505. The van der Waals surface area contributed by atoms with E-state index in [0.29, 0.717) is 0 Å². The van der Waals surface area contributed by atoms with Crippen molar-refractivity contribution >= 4 is 23.1 Å². The standard InChI is InChI=1S/C18H17NO3S2/c1-11-17(10-23-14-7-8-15(20)16(21)9-14)24-18(19-11)12-3-5-13(22-2)6-4-12/h3-9,20-21H,10H2,1-2H3. The van der Waals surface area contributed by atoms with Crippen LogP contribution in [0.15, 0.2) is 47.4 Å². The minimum atomic E-state index is -0.102. The molecule has 0 amide bonds. The lowest BCUT2D eigenvalue weighted by atomic mass is 10.2. The van der Waals surface area contributed by atoms with Crippen molar-refractivity contribution in [1.82, 2.24) is 4.98 Å². The molecule has 0 spiro atoms. The summed E-state index contributed by atoms with van der Waals surface area (Å²) in [6.45, 7) is 2.01. The number of rotatable bonds is 5. The molecule has 24 heavy (non-hydrogen) atoms. The summed E-state index contributed by atoms with van der Waals surface area (Å²) in [5.74, 6) is 1.40. The van der Waals surface area contributed by atoms with Crippen molar-refractivity contribution in [3.8, 4) is 27.8 Å². The van der Waals surface area contributed by atoms with E-state index in [4.69, 9.17) is 4.74 Å². The van der Waals surface area contributed by atoms with E-state index < -0.39 is 0 Å². The van der Waals surface area contributed by atoms with E-state index in [1.54, 1.807) is 42.3 Å². The lowest BCUT2D eigenvalue weighted by Gasteiger charge is -2.02. The van der Waals surface area contributed by atoms with E-state index >= 15 is 0 Å². The van der Waals surface area contributed by atoms with Gasteiger partial charge in [-0.1, -0.05) is 0 Å². The number of methoxy groups -OCH3 is 1. The predicted octanol–water partition coefficient (Wildman–Crippen LogP) is 4.83. The number of aromatic nitrogens is 1. The Labute approximate surface area is 148 Å². The highest BCUT2D eigenvalue weighted by Gasteiger charge is 2.11. The number of phenolic OH excluding ortho intramolecular Hbond substituents is 2. The smallest absolute Gasteiger partial charge is 0.158 e. The fourth-order valence-electron chi connectivity index (χ4n) is 2.16. The van der Waals surface area contributed by atoms with Crippen molar-refractivity contribution in [3.05, 3.63) is 53.0 Å². The molecule has 2 N–H and O–H groups in total. The van der Waals surface area contributed by atoms with Gasteiger partial charge in [0, 0.05) is 21.1 Å². The highest BCUT2D eigenvalue weighted by atomic mass is 32.2. The van der Waals surface area contributed by atoms with E-state index in [1.807, 2.05) is 31.2 Å². The number of aryl methyl sites for hydroxylation is 1. The maximum absolute atomic E-state index is 9.56. The first-order valence-corrected chi connectivity index (χ1v) is 9.12. The van der Waals surface area contributed by atoms with Gasteiger partial charge in [-0.15, -0.1) is 23.1 Å². The molecular weight excluding hydrogens is 342 g/mol. The van der Waals surface area contributed by atoms with Gasteiger partial charge in [0.2, 0.25) is 0 Å². The minimum absolute atomic E-state index is 0.0973. The second-order valence-electron chi connectivity index (χ2n) is 5.20. The average Bonchev–Trinajstić information content (AvgIpc) is 2.97. The molecule has 0 aliphatic carbocycles. The number of hydrogen-bond donors (Lipinski definition) is 2. The summed E-state index contributed by atoms with van der Waals surface area (Å²) in [5.41, 5.74) is 2.09. The van der Waals surface area contributed by atoms with Crippen molar-refractivity contribution < 1.29 is 14.9 Å². The van der Waals surface area contributed by atoms with Crippen LogP contribution in [0, 0.1) is 6.92 Å². The molecule has 4 nitrogen and oxygen atoms in total. The summed E-state index contributed by atoms with van der Waals surface area (Å²) < 4.78 is 5.18. The van der Waals surface area contributed by atoms with Crippen LogP contribution in [0.4, 0.5) is 0 Å². The number of aromatic hydroxyl groups is 2. The first-order valence-electron chi connectivity index (χ1n) is 7.32. The second kappa shape index (κ2) is 7.15. The maximum Gasteiger partial charge on any atom is 0.158 e. The van der Waals surface area contributed by atoms with Crippen LogP contribution < -0.4 is 4.74 Å². The predicted molar refractivity (Wildman–Crippen MR) is 98.2 cm³/mol. The Morgan fingerprint density at radius 3 is 2.50 bits per heavy atom.